The fourth-order valence-electron chi connectivity index (χ4n) is 19.2. The number of anilines is 2. The van der Waals surface area contributed by atoms with Gasteiger partial charge in [-0.3, -0.25) is 43.2 Å². The molecule has 9 amide bonds. The SMILES string of the molecule is CCCC1O[C@@H]2C[C@H]3[C@@H]4C[C@H](F)C5=CC(=O)C=C[C@]5(C)[C@@]4(F)[C@@H](O)C[C@]3(C)[C@]2(C(=O)COc2ccc(NC(=O)[C@H](CCCNC(N)=O)NC(=O)[C@@H](NC(=O)[C@@H](CCCCNC(=O)COC3CCCCCC(N[C@@H]4O[C@H](CO)[C@H](O)[C@H](O)[C@H]4O)=C3N)NC(=O)CCOCCOCCOCCOCCNC(=O)CCC(=O)N3Cc4ccccc4C#Cc4ccccc43)C(C)C)cc2)O1. The first-order chi connectivity index (χ1) is 62.8. The summed E-state index contributed by atoms with van der Waals surface area (Å²) in [6, 6.07) is 16.4. The van der Waals surface area contributed by atoms with Gasteiger partial charge < -0.3 is 127 Å². The van der Waals surface area contributed by atoms with Crippen LogP contribution < -0.4 is 63.6 Å². The Morgan fingerprint density at radius 1 is 0.687 bits per heavy atom. The van der Waals surface area contributed by atoms with E-state index in [1.807, 2.05) is 55.5 Å². The Morgan fingerprint density at radius 3 is 2.08 bits per heavy atom. The van der Waals surface area contributed by atoms with Crippen molar-refractivity contribution in [3.8, 4) is 17.6 Å². The van der Waals surface area contributed by atoms with E-state index in [-0.39, 0.29) is 171 Å². The largest absolute Gasteiger partial charge is 0.486 e. The summed E-state index contributed by atoms with van der Waals surface area (Å²) >= 11 is 0. The van der Waals surface area contributed by atoms with Gasteiger partial charge in [-0.25, -0.2) is 13.6 Å². The van der Waals surface area contributed by atoms with Gasteiger partial charge in [-0.1, -0.05) is 95.2 Å². The molecule has 35 nitrogen and oxygen atoms in total. The lowest BCUT2D eigenvalue weighted by Gasteiger charge is -2.63. The summed E-state index contributed by atoms with van der Waals surface area (Å²) in [6.45, 7) is 8.95. The Labute approximate surface area is 761 Å². The maximum atomic E-state index is 18.2. The molecule has 8 aliphatic rings. The van der Waals surface area contributed by atoms with Gasteiger partial charge in [0.25, 0.3) is 0 Å². The van der Waals surface area contributed by atoms with Gasteiger partial charge in [0.15, 0.2) is 29.6 Å². The number of unbranched alkanes of at least 4 members (excludes halogenated alkanes) is 1. The number of fused-ring (bicyclic) bond motifs is 9. The number of nitrogens with zero attached hydrogens (tertiary/aromatic N) is 1. The predicted octanol–water partition coefficient (Wildman–Crippen LogP) is 3.84. The topological polar surface area (TPSA) is 506 Å². The van der Waals surface area contributed by atoms with Crippen LogP contribution >= 0.6 is 0 Å². The fraction of sp³-hybridized carbons (Fsp3) is 0.617. The highest BCUT2D eigenvalue weighted by Gasteiger charge is 2.80. The summed E-state index contributed by atoms with van der Waals surface area (Å²) in [5.74, 6) is -0.670. The van der Waals surface area contributed by atoms with Crippen LogP contribution in [0.15, 0.2) is 108 Å². The van der Waals surface area contributed by atoms with Gasteiger partial charge >= 0.3 is 6.03 Å². The number of hydrogen-bond donors (Lipinski definition) is 15. The van der Waals surface area contributed by atoms with Crippen molar-refractivity contribution < 1.29 is 125 Å². The molecule has 131 heavy (non-hydrogen) atoms. The third kappa shape index (κ3) is 25.1. The minimum absolute atomic E-state index is 0.00120. The number of benzene rings is 3. The number of carbonyl (C=O) groups is 10. The number of carbonyl (C=O) groups excluding carboxylic acids is 10. The Balaban J connectivity index is 0.651. The molecule has 3 saturated carbocycles. The van der Waals surface area contributed by atoms with Crippen LogP contribution in [-0.2, 0) is 87.6 Å². The van der Waals surface area contributed by atoms with E-state index in [1.54, 1.807) is 25.7 Å². The number of aliphatic hydroxyl groups excluding tert-OH is 5. The van der Waals surface area contributed by atoms with Crippen molar-refractivity contribution in [1.29, 1.82) is 0 Å². The Bertz CT molecular complexity index is 4630. The zero-order valence-electron chi connectivity index (χ0n) is 75.1. The lowest BCUT2D eigenvalue weighted by molar-refractivity contribution is -0.234. The molecule has 5 fully saturated rings. The second-order valence-corrected chi connectivity index (χ2v) is 35.4. The summed E-state index contributed by atoms with van der Waals surface area (Å²) in [5.41, 5.74) is 8.98. The van der Waals surface area contributed by atoms with Gasteiger partial charge in [0.05, 0.1) is 95.7 Å². The van der Waals surface area contributed by atoms with Crippen molar-refractivity contribution in [3.05, 3.63) is 125 Å². The lowest BCUT2D eigenvalue weighted by atomic mass is 9.44. The van der Waals surface area contributed by atoms with Crippen LogP contribution in [0.4, 0.5) is 25.0 Å². The Morgan fingerprint density at radius 2 is 1.36 bits per heavy atom. The van der Waals surface area contributed by atoms with Crippen molar-refractivity contribution in [3.63, 3.8) is 0 Å². The number of ketones is 2. The highest BCUT2D eigenvalue weighted by molar-refractivity contribution is 6.02. The number of urea groups is 1. The second kappa shape index (κ2) is 47.6. The quantitative estimate of drug-likeness (QED) is 0.0282. The number of hydrogen-bond acceptors (Lipinski definition) is 26. The number of nitrogens with two attached hydrogens (primary N) is 2. The number of primary amides is 1. The number of alkyl halides is 2. The molecule has 3 aromatic carbocycles. The van der Waals surface area contributed by atoms with Gasteiger partial charge in [-0.05, 0) is 162 Å². The third-order valence-corrected chi connectivity index (χ3v) is 26.2. The number of nitrogens with one attached hydrogen (secondary N) is 8. The van der Waals surface area contributed by atoms with Gasteiger partial charge in [-0.15, -0.1) is 0 Å². The number of allylic oxidation sites excluding steroid dienone is 5. The molecule has 5 aliphatic carbocycles. The van der Waals surface area contributed by atoms with E-state index < -0.39 is 186 Å². The summed E-state index contributed by atoms with van der Waals surface area (Å²) in [4.78, 5) is 138. The molecular weight excluding hydrogens is 1710 g/mol. The number of rotatable bonds is 47. The number of halogens is 2. The number of ether oxygens (including phenoxy) is 9. The maximum absolute atomic E-state index is 18.2. The normalized spacial score (nSPS) is 27.7. The van der Waals surface area contributed by atoms with E-state index in [0.717, 1.165) is 35.6 Å². The van der Waals surface area contributed by atoms with Crippen LogP contribution in [0.3, 0.4) is 0 Å². The van der Waals surface area contributed by atoms with E-state index in [4.69, 9.17) is 54.1 Å². The first-order valence-electron chi connectivity index (χ1n) is 45.6. The predicted molar refractivity (Wildman–Crippen MR) is 472 cm³/mol. The smallest absolute Gasteiger partial charge is 0.312 e. The molecule has 19 atom stereocenters. The van der Waals surface area contributed by atoms with E-state index in [1.165, 1.54) is 43.3 Å². The molecule has 0 spiro atoms. The van der Waals surface area contributed by atoms with Crippen LogP contribution in [0.25, 0.3) is 0 Å². The van der Waals surface area contributed by atoms with Crippen molar-refractivity contribution in [2.45, 2.75) is 248 Å². The van der Waals surface area contributed by atoms with E-state index in [0.29, 0.717) is 56.5 Å². The van der Waals surface area contributed by atoms with Crippen LogP contribution in [0.5, 0.6) is 5.75 Å². The third-order valence-electron chi connectivity index (χ3n) is 26.2. The summed E-state index contributed by atoms with van der Waals surface area (Å²) in [5, 5.41) is 75.6. The molecule has 2 saturated heterocycles. The fourth-order valence-corrected chi connectivity index (χ4v) is 19.2. The maximum Gasteiger partial charge on any atom is 0.312 e. The summed E-state index contributed by atoms with van der Waals surface area (Å²) in [7, 11) is 0. The number of aliphatic hydroxyl groups is 5. The zero-order valence-corrected chi connectivity index (χ0v) is 75.1. The Kier molecular flexibility index (Phi) is 36.9. The molecule has 17 N–H and O–H groups in total. The minimum Gasteiger partial charge on any atom is -0.486 e. The molecule has 0 bridgehead atoms. The van der Waals surface area contributed by atoms with Crippen molar-refractivity contribution in [2.75, 3.05) is 103 Å². The molecule has 0 radical (unpaired) electrons. The van der Waals surface area contributed by atoms with Crippen molar-refractivity contribution >= 4 is 70.3 Å². The highest BCUT2D eigenvalue weighted by Crippen LogP contribution is 2.72. The molecule has 3 aliphatic heterocycles. The number of amides is 9. The van der Waals surface area contributed by atoms with Crippen LogP contribution in [0, 0.1) is 40.4 Å². The molecule has 11 rings (SSSR count). The van der Waals surface area contributed by atoms with Crippen LogP contribution in [0.2, 0.25) is 0 Å². The van der Waals surface area contributed by atoms with Gasteiger partial charge in [0.1, 0.15) is 67.7 Å². The summed E-state index contributed by atoms with van der Waals surface area (Å²) < 4.78 is 88.2. The molecule has 3 aromatic rings. The molecule has 718 valence electrons. The van der Waals surface area contributed by atoms with Gasteiger partial charge in [-0.2, -0.15) is 0 Å². The van der Waals surface area contributed by atoms with Crippen molar-refractivity contribution in [2.24, 2.45) is 40.1 Å². The van der Waals surface area contributed by atoms with Gasteiger partial charge in [0.2, 0.25) is 47.1 Å². The standard InChI is InChI=1S/C94H129F2N11O24/c1-6-17-80-130-75-50-63-64-49-66(95)65-48-61(109)34-36-91(65,4)93(64,96)73(110)51-92(63,5)94(75,131-80)74(111)54-127-62-30-28-60(29-31-62)102-86(119)69(23-16-38-101-90(98)122)104-88(121)82(56(2)3)106-87(120)68(22-14-15-37-99-78(114)55-128-71-25-9-7-8-21-67(81(71)97)105-89-85(118)84(117)83(116)72(53-108)129-89)103-77(113)35-40-123-42-44-125-46-47-126-45-43-124-41-39-100-76(112)32-33-79(115)107-52-59-20-11-10-18-57(59)26-27-58-19-12-13-24-70(58)107/h10-13,18-20,24,28-31,34,36,48,56,63-64,66,68-69,71-73,75,80,82-85,89,105,108,110,116-118H,6-9,14-17,21-23,25,32-33,35,37-47,49-55,97H2,1-5H3,(H,99,114)(H,100,112)(H,102,119)(H,103,113)(H,104,121)(H,106,120)(H3,98,101,122)/t63-,64-,66-,68+,69-,71?,72+,73-,75+,80?,82-,83-,84-,85+,89+,91-,92-,93-,94+/m0/s1. The zero-order chi connectivity index (χ0) is 94.2. The highest BCUT2D eigenvalue weighted by atomic mass is 19.1. The monoisotopic (exact) mass is 1830 g/mol. The van der Waals surface area contributed by atoms with E-state index in [9.17, 15) is 68.7 Å². The van der Waals surface area contributed by atoms with Crippen molar-refractivity contribution in [1.82, 2.24) is 37.2 Å². The molecule has 2 unspecified atom stereocenters. The Hall–Kier alpha value is -9.92. The average Bonchev–Trinajstić information content (AvgIpc) is 1.52. The van der Waals surface area contributed by atoms with E-state index in [2.05, 4.69) is 54.4 Å². The summed E-state index contributed by atoms with van der Waals surface area (Å²) in [6.07, 6.45) is -5.25. The first-order valence-corrected chi connectivity index (χ1v) is 45.6. The number of Topliss-reactive ketones (excluding diaryl/α,β-unsaturated/α-hetero) is 1. The molecule has 37 heteroatoms. The molecular formula is C94H129F2N11O24. The van der Waals surface area contributed by atoms with Gasteiger partial charge in [0, 0.05) is 78.2 Å². The van der Waals surface area contributed by atoms with E-state index >= 15 is 13.6 Å². The average molecular weight is 1840 g/mol. The molecule has 3 heterocycles. The second-order valence-electron chi connectivity index (χ2n) is 35.4. The van der Waals surface area contributed by atoms with Crippen LogP contribution in [-0.4, -0.2) is 268 Å². The minimum atomic E-state index is -2.41. The molecule has 0 aromatic heterocycles. The first kappa shape index (κ1) is 102. The number of para-hydroxylation sites is 1. The lowest BCUT2D eigenvalue weighted by Crippen LogP contribution is -2.71. The van der Waals surface area contributed by atoms with Crippen LogP contribution in [0.1, 0.15) is 167 Å².